The molecule has 0 radical (unpaired) electrons. The number of fused-ring (bicyclic) bond motifs is 1. The summed E-state index contributed by atoms with van der Waals surface area (Å²) < 4.78 is 30.6. The smallest absolute Gasteiger partial charge is 0.462 e. The third-order valence-electron chi connectivity index (χ3n) is 4.79. The van der Waals surface area contributed by atoms with Crippen LogP contribution in [-0.2, 0) is 23.4 Å². The molecule has 31 heavy (non-hydrogen) atoms. The zero-order valence-corrected chi connectivity index (χ0v) is 19.1. The predicted octanol–water partition coefficient (Wildman–Crippen LogP) is 1.98. The lowest BCUT2D eigenvalue weighted by atomic mass is 10.1. The lowest BCUT2D eigenvalue weighted by Crippen LogP contribution is -2.33. The Hall–Kier alpha value is -2.40. The molecule has 1 aliphatic heterocycles. The van der Waals surface area contributed by atoms with Crippen LogP contribution in [0.25, 0.3) is 11.2 Å². The van der Waals surface area contributed by atoms with E-state index >= 15 is 0 Å². The van der Waals surface area contributed by atoms with Gasteiger partial charge in [-0.25, -0.2) is 4.98 Å². The van der Waals surface area contributed by atoms with Crippen molar-refractivity contribution < 1.29 is 23.4 Å². The Morgan fingerprint density at radius 2 is 2.16 bits per heavy atom. The Kier molecular flexibility index (Phi) is 7.37. The Labute approximate surface area is 181 Å². The number of imidazole rings is 1. The van der Waals surface area contributed by atoms with E-state index in [2.05, 4.69) is 25.4 Å². The van der Waals surface area contributed by atoms with Gasteiger partial charge >= 0.3 is 14.1 Å². The van der Waals surface area contributed by atoms with Crippen molar-refractivity contribution in [2.75, 3.05) is 24.7 Å². The van der Waals surface area contributed by atoms with E-state index in [4.69, 9.17) is 19.7 Å². The van der Waals surface area contributed by atoms with Gasteiger partial charge in [0.2, 0.25) is 5.95 Å². The first-order chi connectivity index (χ1) is 14.7. The third-order valence-corrected chi connectivity index (χ3v) is 5.77. The summed E-state index contributed by atoms with van der Waals surface area (Å²) in [6.45, 7) is 7.23. The van der Waals surface area contributed by atoms with Crippen LogP contribution in [-0.4, -0.2) is 57.4 Å². The Morgan fingerprint density at radius 3 is 2.84 bits per heavy atom. The van der Waals surface area contributed by atoms with Gasteiger partial charge in [0.15, 0.2) is 17.0 Å². The van der Waals surface area contributed by atoms with Gasteiger partial charge in [-0.3, -0.25) is 9.36 Å². The maximum Gasteiger partial charge on any atom is 0.613 e. The van der Waals surface area contributed by atoms with Crippen molar-refractivity contribution >= 4 is 37.1 Å². The second kappa shape index (κ2) is 9.82. The van der Waals surface area contributed by atoms with Crippen LogP contribution in [0.15, 0.2) is 6.33 Å². The first kappa shape index (κ1) is 23.3. The van der Waals surface area contributed by atoms with Crippen LogP contribution >= 0.6 is 8.18 Å². The number of hydrogen-bond donors (Lipinski definition) is 3. The second-order valence-electron chi connectivity index (χ2n) is 7.76. The molecule has 0 aromatic carbocycles. The maximum absolute atomic E-state index is 12.2. The largest absolute Gasteiger partial charge is 0.613 e. The molecule has 12 nitrogen and oxygen atoms in total. The molecular formula is C18H29N7O5P+. The molecule has 0 aliphatic carbocycles. The number of rotatable bonds is 9. The average Bonchev–Trinajstić information content (AvgIpc) is 3.27. The second-order valence-corrected chi connectivity index (χ2v) is 8.79. The van der Waals surface area contributed by atoms with Gasteiger partial charge in [-0.1, -0.05) is 12.0 Å². The number of nitrogens with one attached hydrogen (secondary N) is 2. The van der Waals surface area contributed by atoms with Gasteiger partial charge in [-0.2, -0.15) is 9.97 Å². The van der Waals surface area contributed by atoms with Crippen LogP contribution in [0.1, 0.15) is 40.3 Å². The summed E-state index contributed by atoms with van der Waals surface area (Å²) in [5.41, 5.74) is 6.99. The molecule has 3 heterocycles. The summed E-state index contributed by atoms with van der Waals surface area (Å²) in [7, 11) is -0.515. The summed E-state index contributed by atoms with van der Waals surface area (Å²) in [5, 5.41) is 5.57. The molecule has 5 atom stereocenters. The number of carbonyl (C=O) groups is 1. The molecule has 170 valence electrons. The van der Waals surface area contributed by atoms with Crippen LogP contribution in [0.4, 0.5) is 11.8 Å². The number of nitrogen functional groups attached to an aromatic ring is 1. The highest BCUT2D eigenvalue weighted by Crippen LogP contribution is 2.37. The number of anilines is 2. The summed E-state index contributed by atoms with van der Waals surface area (Å²) in [4.78, 5) is 24.7. The topological polar surface area (TPSA) is 156 Å². The van der Waals surface area contributed by atoms with Crippen molar-refractivity contribution in [1.29, 1.82) is 0 Å². The Morgan fingerprint density at radius 1 is 1.42 bits per heavy atom. The third kappa shape index (κ3) is 5.45. The first-order valence-electron chi connectivity index (χ1n) is 10.1. The van der Waals surface area contributed by atoms with Crippen molar-refractivity contribution in [2.45, 2.75) is 58.6 Å². The van der Waals surface area contributed by atoms with Crippen molar-refractivity contribution in [3.63, 3.8) is 0 Å². The van der Waals surface area contributed by atoms with E-state index in [-0.39, 0.29) is 36.9 Å². The minimum Gasteiger partial charge on any atom is -0.462 e. The maximum atomic E-state index is 12.2. The van der Waals surface area contributed by atoms with E-state index in [9.17, 15) is 9.36 Å². The molecule has 4 N–H and O–H groups in total. The summed E-state index contributed by atoms with van der Waals surface area (Å²) in [5.74, 6) is 0.324. The van der Waals surface area contributed by atoms with Crippen LogP contribution in [0.5, 0.6) is 0 Å². The highest BCUT2D eigenvalue weighted by molar-refractivity contribution is 7.36. The molecule has 0 spiro atoms. The standard InChI is InChI=1S/C18H29N7O5P/c1-9(2)29-17(26)11(4)24-31(27)28-7-12-6-10(3)16(30-12)25-8-21-13-14(20-5)22-18(19)23-15(13)25/h8-12,16H,6-7H2,1-5H3,(H,24,27)(H3,19,20,22,23)/q+1/t10-,11-,12-,16+/m0/s1. The molecule has 1 unspecified atom stereocenters. The molecule has 2 aromatic heterocycles. The van der Waals surface area contributed by atoms with E-state index in [0.717, 1.165) is 0 Å². The molecule has 1 fully saturated rings. The van der Waals surface area contributed by atoms with E-state index in [1.807, 2.05) is 11.5 Å². The molecular weight excluding hydrogens is 425 g/mol. The average molecular weight is 454 g/mol. The Balaban J connectivity index is 1.59. The van der Waals surface area contributed by atoms with Crippen LogP contribution in [0.3, 0.4) is 0 Å². The zero-order valence-electron chi connectivity index (χ0n) is 18.2. The Bertz CT molecular complexity index is 953. The predicted molar refractivity (Wildman–Crippen MR) is 114 cm³/mol. The van der Waals surface area contributed by atoms with E-state index < -0.39 is 20.2 Å². The molecule has 0 saturated carbocycles. The minimum absolute atomic E-state index is 0.112. The van der Waals surface area contributed by atoms with Crippen LogP contribution < -0.4 is 16.1 Å². The lowest BCUT2D eigenvalue weighted by Gasteiger charge is -2.17. The summed E-state index contributed by atoms with van der Waals surface area (Å²) in [6, 6.07) is -0.744. The van der Waals surface area contributed by atoms with Gasteiger partial charge in [0.05, 0.1) is 18.5 Å². The molecule has 2 aromatic rings. The van der Waals surface area contributed by atoms with Crippen molar-refractivity contribution in [3.05, 3.63) is 6.33 Å². The summed E-state index contributed by atoms with van der Waals surface area (Å²) >= 11 is 0. The van der Waals surface area contributed by atoms with E-state index in [0.29, 0.717) is 23.4 Å². The number of ether oxygens (including phenoxy) is 2. The van der Waals surface area contributed by atoms with Crippen LogP contribution in [0.2, 0.25) is 0 Å². The fourth-order valence-electron chi connectivity index (χ4n) is 3.39. The first-order valence-corrected chi connectivity index (χ1v) is 11.3. The number of esters is 1. The zero-order chi connectivity index (χ0) is 22.7. The SMILES string of the molecule is CNc1nc(N)nc2c1ncn2[C@@H]1O[C@H](CO[P+](=O)N[C@@H](C)C(=O)OC(C)C)C[C@@H]1C. The van der Waals surface area contributed by atoms with Crippen molar-refractivity contribution in [3.8, 4) is 0 Å². The lowest BCUT2D eigenvalue weighted by molar-refractivity contribution is -0.149. The molecule has 0 bridgehead atoms. The highest BCUT2D eigenvalue weighted by Gasteiger charge is 2.37. The van der Waals surface area contributed by atoms with Gasteiger partial charge < -0.3 is 20.5 Å². The van der Waals surface area contributed by atoms with Gasteiger partial charge in [0.25, 0.3) is 0 Å². The van der Waals surface area contributed by atoms with Crippen molar-refractivity contribution in [1.82, 2.24) is 24.6 Å². The van der Waals surface area contributed by atoms with Crippen LogP contribution in [0, 0.1) is 5.92 Å². The molecule has 3 rings (SSSR count). The quantitative estimate of drug-likeness (QED) is 0.376. The summed E-state index contributed by atoms with van der Waals surface area (Å²) in [6.07, 6.45) is 1.49. The molecule has 1 aliphatic rings. The minimum atomic E-state index is -2.25. The number of nitrogens with two attached hydrogens (primary N) is 1. The molecule has 1 saturated heterocycles. The van der Waals surface area contributed by atoms with Gasteiger partial charge in [0.1, 0.15) is 18.9 Å². The van der Waals surface area contributed by atoms with Gasteiger partial charge in [-0.05, 0) is 31.8 Å². The van der Waals surface area contributed by atoms with Gasteiger partial charge in [0, 0.05) is 13.0 Å². The number of hydrogen-bond acceptors (Lipinski definition) is 10. The van der Waals surface area contributed by atoms with Crippen molar-refractivity contribution in [2.24, 2.45) is 5.92 Å². The fourth-order valence-corrected chi connectivity index (χ4v) is 4.19. The van der Waals surface area contributed by atoms with E-state index in [1.54, 1.807) is 34.1 Å². The number of aromatic nitrogens is 4. The molecule has 13 heteroatoms. The molecule has 0 amide bonds. The monoisotopic (exact) mass is 454 g/mol. The van der Waals surface area contributed by atoms with E-state index in [1.165, 1.54) is 0 Å². The number of nitrogens with zero attached hydrogens (tertiary/aromatic N) is 4. The van der Waals surface area contributed by atoms with Gasteiger partial charge in [-0.15, -0.1) is 4.52 Å². The highest BCUT2D eigenvalue weighted by atomic mass is 31.1. The fraction of sp³-hybridized carbons (Fsp3) is 0.667. The normalized spacial score (nSPS) is 22.6. The number of carbonyl (C=O) groups excluding carboxylic acids is 1.